The summed E-state index contributed by atoms with van der Waals surface area (Å²) in [4.78, 5) is 20.3. The molecule has 0 atom stereocenters. The quantitative estimate of drug-likeness (QED) is 0.719. The number of rotatable bonds is 3. The molecule has 0 aliphatic rings. The number of aromatic nitrogens is 2. The number of aryl methyl sites for hydroxylation is 2. The van der Waals surface area contributed by atoms with Crippen LogP contribution in [0.4, 0.5) is 11.8 Å². The summed E-state index contributed by atoms with van der Waals surface area (Å²) in [6.45, 7) is 4.04. The molecule has 3 aromatic rings. The Labute approximate surface area is 139 Å². The third-order valence-electron chi connectivity index (χ3n) is 3.63. The lowest BCUT2D eigenvalue weighted by Crippen LogP contribution is -2.06. The molecule has 0 amide bonds. The van der Waals surface area contributed by atoms with Gasteiger partial charge in [0.2, 0.25) is 5.95 Å². The zero-order chi connectivity index (χ0) is 17.3. The van der Waals surface area contributed by atoms with E-state index in [1.54, 1.807) is 12.1 Å². The van der Waals surface area contributed by atoms with Crippen LogP contribution in [0.5, 0.6) is 0 Å². The van der Waals surface area contributed by atoms with E-state index in [-0.39, 0.29) is 18.5 Å². The summed E-state index contributed by atoms with van der Waals surface area (Å²) in [6.07, 6.45) is 0. The molecular weight excluding hydrogens is 304 g/mol. The predicted octanol–water partition coefficient (Wildman–Crippen LogP) is 2.77. The summed E-state index contributed by atoms with van der Waals surface area (Å²) >= 11 is 0. The summed E-state index contributed by atoms with van der Waals surface area (Å²) in [6, 6.07) is 11.0. The summed E-state index contributed by atoms with van der Waals surface area (Å²) in [5, 5.41) is 0.684. The first-order valence-electron chi connectivity index (χ1n) is 7.49. The van der Waals surface area contributed by atoms with Crippen molar-refractivity contribution >= 4 is 28.6 Å². The number of hydrogen-bond donors (Lipinski definition) is 2. The van der Waals surface area contributed by atoms with E-state index in [2.05, 4.69) is 9.97 Å². The standard InChI is InChI=1S/C18H18N4O2/c1-10-5-11(2)7-13(6-10)17(23)24-9-12-3-4-15-14(8-12)16(19)22-18(20)21-15/h3-8H,9H2,1-2H3,(H4,19,20,21,22). The Morgan fingerprint density at radius 2 is 1.75 bits per heavy atom. The fourth-order valence-electron chi connectivity index (χ4n) is 2.63. The number of nitrogens with zero attached hydrogens (tertiary/aromatic N) is 2. The van der Waals surface area contributed by atoms with Crippen LogP contribution in [0, 0.1) is 13.8 Å². The van der Waals surface area contributed by atoms with Gasteiger partial charge < -0.3 is 16.2 Å². The van der Waals surface area contributed by atoms with Gasteiger partial charge in [-0.2, -0.15) is 4.98 Å². The number of nitrogen functional groups attached to an aromatic ring is 2. The van der Waals surface area contributed by atoms with Crippen molar-refractivity contribution < 1.29 is 9.53 Å². The summed E-state index contributed by atoms with van der Waals surface area (Å²) < 4.78 is 5.39. The maximum atomic E-state index is 12.2. The van der Waals surface area contributed by atoms with Gasteiger partial charge in [-0.1, -0.05) is 23.3 Å². The molecule has 3 rings (SSSR count). The molecule has 0 saturated heterocycles. The average molecular weight is 322 g/mol. The van der Waals surface area contributed by atoms with Crippen molar-refractivity contribution in [3.63, 3.8) is 0 Å². The lowest BCUT2D eigenvalue weighted by molar-refractivity contribution is 0.0472. The largest absolute Gasteiger partial charge is 0.457 e. The van der Waals surface area contributed by atoms with E-state index in [0.717, 1.165) is 16.7 Å². The molecule has 122 valence electrons. The number of benzene rings is 2. The molecule has 0 radical (unpaired) electrons. The number of carbonyl (C=O) groups is 1. The van der Waals surface area contributed by atoms with E-state index in [1.165, 1.54) is 0 Å². The van der Waals surface area contributed by atoms with Crippen LogP contribution in [0.3, 0.4) is 0 Å². The van der Waals surface area contributed by atoms with Crippen LogP contribution in [-0.4, -0.2) is 15.9 Å². The Balaban J connectivity index is 1.79. The average Bonchev–Trinajstić information content (AvgIpc) is 2.51. The first-order chi connectivity index (χ1) is 11.4. The van der Waals surface area contributed by atoms with Gasteiger partial charge in [-0.25, -0.2) is 9.78 Å². The number of carbonyl (C=O) groups excluding carboxylic acids is 1. The molecule has 4 N–H and O–H groups in total. The van der Waals surface area contributed by atoms with Crippen LogP contribution in [0.15, 0.2) is 36.4 Å². The van der Waals surface area contributed by atoms with E-state index >= 15 is 0 Å². The van der Waals surface area contributed by atoms with Gasteiger partial charge in [0.1, 0.15) is 12.4 Å². The van der Waals surface area contributed by atoms with E-state index in [9.17, 15) is 4.79 Å². The van der Waals surface area contributed by atoms with Gasteiger partial charge in [0.25, 0.3) is 0 Å². The van der Waals surface area contributed by atoms with Gasteiger partial charge >= 0.3 is 5.97 Å². The molecule has 0 unspecified atom stereocenters. The first kappa shape index (κ1) is 15.7. The van der Waals surface area contributed by atoms with Gasteiger partial charge in [-0.3, -0.25) is 0 Å². The highest BCUT2D eigenvalue weighted by Gasteiger charge is 2.10. The third kappa shape index (κ3) is 3.27. The van der Waals surface area contributed by atoms with Crippen molar-refractivity contribution in [3.8, 4) is 0 Å². The lowest BCUT2D eigenvalue weighted by Gasteiger charge is -2.08. The van der Waals surface area contributed by atoms with Crippen molar-refractivity contribution in [2.75, 3.05) is 11.5 Å². The lowest BCUT2D eigenvalue weighted by atomic mass is 10.1. The number of fused-ring (bicyclic) bond motifs is 1. The van der Waals surface area contributed by atoms with E-state index in [4.69, 9.17) is 16.2 Å². The van der Waals surface area contributed by atoms with Gasteiger partial charge in [0.05, 0.1) is 11.1 Å². The van der Waals surface area contributed by atoms with Gasteiger partial charge in [0, 0.05) is 5.39 Å². The number of esters is 1. The summed E-state index contributed by atoms with van der Waals surface area (Å²) in [5.41, 5.74) is 15.5. The van der Waals surface area contributed by atoms with Crippen molar-refractivity contribution in [2.45, 2.75) is 20.5 Å². The van der Waals surface area contributed by atoms with Crippen LogP contribution >= 0.6 is 0 Å². The smallest absolute Gasteiger partial charge is 0.338 e. The van der Waals surface area contributed by atoms with Gasteiger partial charge in [-0.05, 0) is 43.7 Å². The molecule has 1 heterocycles. The number of ether oxygens (including phenoxy) is 1. The van der Waals surface area contributed by atoms with Crippen LogP contribution in [0.25, 0.3) is 10.9 Å². The maximum absolute atomic E-state index is 12.2. The van der Waals surface area contributed by atoms with Crippen molar-refractivity contribution in [1.82, 2.24) is 9.97 Å². The van der Waals surface area contributed by atoms with E-state index in [1.807, 2.05) is 38.1 Å². The second-order valence-electron chi connectivity index (χ2n) is 5.77. The molecule has 0 spiro atoms. The fraction of sp³-hybridized carbons (Fsp3) is 0.167. The highest BCUT2D eigenvalue weighted by atomic mass is 16.5. The zero-order valence-corrected chi connectivity index (χ0v) is 13.5. The molecule has 6 nitrogen and oxygen atoms in total. The number of nitrogens with two attached hydrogens (primary N) is 2. The SMILES string of the molecule is Cc1cc(C)cc(C(=O)OCc2ccc3nc(N)nc(N)c3c2)c1. The second kappa shape index (κ2) is 6.16. The molecule has 24 heavy (non-hydrogen) atoms. The fourth-order valence-corrected chi connectivity index (χ4v) is 2.63. The molecule has 0 bridgehead atoms. The minimum absolute atomic E-state index is 0.133. The highest BCUT2D eigenvalue weighted by Crippen LogP contribution is 2.21. The van der Waals surface area contributed by atoms with Gasteiger partial charge in [-0.15, -0.1) is 0 Å². The Bertz CT molecular complexity index is 917. The zero-order valence-electron chi connectivity index (χ0n) is 13.5. The van der Waals surface area contributed by atoms with Crippen LogP contribution in [0.2, 0.25) is 0 Å². The van der Waals surface area contributed by atoms with Crippen molar-refractivity contribution in [1.29, 1.82) is 0 Å². The third-order valence-corrected chi connectivity index (χ3v) is 3.63. The predicted molar refractivity (Wildman–Crippen MR) is 93.4 cm³/mol. The molecule has 0 saturated carbocycles. The van der Waals surface area contributed by atoms with E-state index in [0.29, 0.717) is 22.3 Å². The van der Waals surface area contributed by atoms with Gasteiger partial charge in [0.15, 0.2) is 0 Å². The Morgan fingerprint density at radius 1 is 1.04 bits per heavy atom. The number of hydrogen-bond acceptors (Lipinski definition) is 6. The Morgan fingerprint density at radius 3 is 2.46 bits per heavy atom. The normalized spacial score (nSPS) is 10.8. The molecular formula is C18H18N4O2. The summed E-state index contributed by atoms with van der Waals surface area (Å²) in [5.74, 6) is 0.0809. The molecule has 1 aromatic heterocycles. The second-order valence-corrected chi connectivity index (χ2v) is 5.77. The minimum Gasteiger partial charge on any atom is -0.457 e. The van der Waals surface area contributed by atoms with Crippen LogP contribution in [0.1, 0.15) is 27.0 Å². The van der Waals surface area contributed by atoms with Crippen LogP contribution in [-0.2, 0) is 11.3 Å². The first-order valence-corrected chi connectivity index (χ1v) is 7.49. The maximum Gasteiger partial charge on any atom is 0.338 e. The van der Waals surface area contributed by atoms with Crippen molar-refractivity contribution in [3.05, 3.63) is 58.7 Å². The molecule has 2 aromatic carbocycles. The Kier molecular flexibility index (Phi) is 4.04. The van der Waals surface area contributed by atoms with Crippen LogP contribution < -0.4 is 11.5 Å². The highest BCUT2D eigenvalue weighted by molar-refractivity contribution is 5.90. The number of anilines is 2. The Hall–Kier alpha value is -3.15. The topological polar surface area (TPSA) is 104 Å². The molecule has 6 heteroatoms. The molecule has 0 aliphatic carbocycles. The monoisotopic (exact) mass is 322 g/mol. The molecule has 0 aliphatic heterocycles. The minimum atomic E-state index is -0.358. The summed E-state index contributed by atoms with van der Waals surface area (Å²) in [7, 11) is 0. The van der Waals surface area contributed by atoms with Crippen molar-refractivity contribution in [2.24, 2.45) is 0 Å². The van der Waals surface area contributed by atoms with E-state index < -0.39 is 0 Å². The molecule has 0 fully saturated rings.